The average molecular weight is 395 g/mol. The van der Waals surface area contributed by atoms with Gasteiger partial charge in [-0.3, -0.25) is 0 Å². The standard InChI is InChI=1S/C17H16Cl2N4O3/c1-8(9-2-4-10(18)5-3-9)14-12(24)13(25)17(26-14)23-16-11(6-22-23)15(19)20-7-21-16/h2-8,12-14,17,24-25H,1H3/t8-,12?,13?,14+,17+/m0/s1. The number of halogens is 2. The molecule has 1 aliphatic rings. The predicted molar refractivity (Wildman–Crippen MR) is 96.1 cm³/mol. The molecular weight excluding hydrogens is 379 g/mol. The van der Waals surface area contributed by atoms with Crippen molar-refractivity contribution in [3.8, 4) is 0 Å². The van der Waals surface area contributed by atoms with Gasteiger partial charge in [-0.25, -0.2) is 14.6 Å². The zero-order valence-corrected chi connectivity index (χ0v) is 15.2. The summed E-state index contributed by atoms with van der Waals surface area (Å²) in [5.74, 6) is -0.165. The Morgan fingerprint density at radius 3 is 2.58 bits per heavy atom. The molecule has 7 nitrogen and oxygen atoms in total. The lowest BCUT2D eigenvalue weighted by Crippen LogP contribution is -2.34. The Kier molecular flexibility index (Phi) is 4.58. The van der Waals surface area contributed by atoms with Crippen LogP contribution in [0, 0.1) is 0 Å². The van der Waals surface area contributed by atoms with Gasteiger partial charge in [-0.05, 0) is 17.7 Å². The molecule has 4 rings (SSSR count). The second kappa shape index (κ2) is 6.75. The molecule has 1 aliphatic heterocycles. The number of benzene rings is 1. The predicted octanol–water partition coefficient (Wildman–Crippen LogP) is 2.56. The van der Waals surface area contributed by atoms with E-state index in [0.29, 0.717) is 16.1 Å². The van der Waals surface area contributed by atoms with Gasteiger partial charge in [0.15, 0.2) is 11.9 Å². The Morgan fingerprint density at radius 1 is 1.12 bits per heavy atom. The van der Waals surface area contributed by atoms with Gasteiger partial charge >= 0.3 is 0 Å². The minimum absolute atomic E-state index is 0.165. The highest BCUT2D eigenvalue weighted by molar-refractivity contribution is 6.33. The van der Waals surface area contributed by atoms with Crippen LogP contribution in [-0.4, -0.2) is 48.3 Å². The molecule has 136 valence electrons. The van der Waals surface area contributed by atoms with Gasteiger partial charge in [0.05, 0.1) is 17.7 Å². The maximum absolute atomic E-state index is 10.5. The van der Waals surface area contributed by atoms with E-state index in [1.165, 1.54) is 17.2 Å². The summed E-state index contributed by atoms with van der Waals surface area (Å²) in [7, 11) is 0. The number of rotatable bonds is 3. The van der Waals surface area contributed by atoms with E-state index in [2.05, 4.69) is 15.1 Å². The van der Waals surface area contributed by atoms with Gasteiger partial charge in [0.25, 0.3) is 0 Å². The Labute approximate surface area is 159 Å². The van der Waals surface area contributed by atoms with Crippen LogP contribution < -0.4 is 0 Å². The van der Waals surface area contributed by atoms with Crippen molar-refractivity contribution in [2.75, 3.05) is 0 Å². The van der Waals surface area contributed by atoms with E-state index >= 15 is 0 Å². The number of fused-ring (bicyclic) bond motifs is 1. The Hall–Kier alpha value is -1.77. The summed E-state index contributed by atoms with van der Waals surface area (Å²) in [4.78, 5) is 8.07. The van der Waals surface area contributed by atoms with Crippen LogP contribution in [0.4, 0.5) is 0 Å². The minimum Gasteiger partial charge on any atom is -0.387 e. The first-order valence-corrected chi connectivity index (χ1v) is 8.83. The Bertz CT molecular complexity index is 933. The monoisotopic (exact) mass is 394 g/mol. The Morgan fingerprint density at radius 2 is 1.85 bits per heavy atom. The molecule has 1 aromatic carbocycles. The van der Waals surface area contributed by atoms with Crippen LogP contribution in [0.1, 0.15) is 24.6 Å². The van der Waals surface area contributed by atoms with Crippen molar-refractivity contribution in [3.05, 3.63) is 52.5 Å². The SMILES string of the molecule is C[C@@H](c1ccc(Cl)cc1)[C@H]1O[C@@H](n2ncc3c(Cl)ncnc32)C(O)C1O. The second-order valence-electron chi connectivity index (χ2n) is 6.30. The number of ether oxygens (including phenoxy) is 1. The summed E-state index contributed by atoms with van der Waals surface area (Å²) in [6.45, 7) is 1.92. The number of aliphatic hydroxyl groups is 2. The third-order valence-corrected chi connectivity index (χ3v) is 5.30. The number of aliphatic hydroxyl groups excluding tert-OH is 2. The van der Waals surface area contributed by atoms with E-state index in [0.717, 1.165) is 5.56 Å². The normalized spacial score (nSPS) is 27.1. The van der Waals surface area contributed by atoms with Crippen LogP contribution in [-0.2, 0) is 4.74 Å². The third kappa shape index (κ3) is 2.86. The maximum atomic E-state index is 10.5. The molecule has 0 saturated carbocycles. The summed E-state index contributed by atoms with van der Waals surface area (Å²) >= 11 is 12.0. The highest BCUT2D eigenvalue weighted by atomic mass is 35.5. The van der Waals surface area contributed by atoms with Crippen LogP contribution in [0.3, 0.4) is 0 Å². The van der Waals surface area contributed by atoms with Gasteiger partial charge < -0.3 is 14.9 Å². The van der Waals surface area contributed by atoms with Crippen LogP contribution in [0.2, 0.25) is 10.2 Å². The van der Waals surface area contributed by atoms with Crippen LogP contribution in [0.25, 0.3) is 11.0 Å². The molecule has 3 heterocycles. The first-order valence-electron chi connectivity index (χ1n) is 8.08. The summed E-state index contributed by atoms with van der Waals surface area (Å²) < 4.78 is 7.41. The molecule has 9 heteroatoms. The van der Waals surface area contributed by atoms with E-state index in [1.54, 1.807) is 12.1 Å². The molecule has 26 heavy (non-hydrogen) atoms. The van der Waals surface area contributed by atoms with Gasteiger partial charge in [-0.2, -0.15) is 5.10 Å². The molecule has 2 aromatic heterocycles. The first-order chi connectivity index (χ1) is 12.5. The zero-order valence-electron chi connectivity index (χ0n) is 13.7. The highest BCUT2D eigenvalue weighted by Gasteiger charge is 2.47. The summed E-state index contributed by atoms with van der Waals surface area (Å²) in [6, 6.07) is 7.31. The van der Waals surface area contributed by atoms with Gasteiger partial charge in [0.2, 0.25) is 0 Å². The lowest BCUT2D eigenvalue weighted by atomic mass is 9.91. The van der Waals surface area contributed by atoms with Crippen molar-refractivity contribution in [2.45, 2.75) is 37.4 Å². The molecule has 3 aromatic rings. The molecule has 2 unspecified atom stereocenters. The van der Waals surface area contributed by atoms with E-state index in [-0.39, 0.29) is 11.1 Å². The van der Waals surface area contributed by atoms with Gasteiger partial charge in [0.1, 0.15) is 23.7 Å². The highest BCUT2D eigenvalue weighted by Crippen LogP contribution is 2.38. The topological polar surface area (TPSA) is 93.3 Å². The molecule has 5 atom stereocenters. The lowest BCUT2D eigenvalue weighted by molar-refractivity contribution is -0.0478. The van der Waals surface area contributed by atoms with Crippen molar-refractivity contribution in [3.63, 3.8) is 0 Å². The molecule has 1 fully saturated rings. The maximum Gasteiger partial charge on any atom is 0.181 e. The second-order valence-corrected chi connectivity index (χ2v) is 7.10. The average Bonchev–Trinajstić information content (AvgIpc) is 3.18. The molecule has 0 bridgehead atoms. The third-order valence-electron chi connectivity index (χ3n) is 4.75. The zero-order chi connectivity index (χ0) is 18.4. The van der Waals surface area contributed by atoms with Crippen LogP contribution >= 0.6 is 23.2 Å². The quantitative estimate of drug-likeness (QED) is 0.663. The van der Waals surface area contributed by atoms with Crippen molar-refractivity contribution < 1.29 is 14.9 Å². The molecule has 1 saturated heterocycles. The fourth-order valence-electron chi connectivity index (χ4n) is 3.28. The lowest BCUT2D eigenvalue weighted by Gasteiger charge is -2.22. The molecule has 0 spiro atoms. The largest absolute Gasteiger partial charge is 0.387 e. The van der Waals surface area contributed by atoms with Gasteiger partial charge in [-0.15, -0.1) is 0 Å². The van der Waals surface area contributed by atoms with Crippen molar-refractivity contribution in [1.82, 2.24) is 19.7 Å². The first kappa shape index (κ1) is 17.6. The molecular formula is C17H16Cl2N4O3. The van der Waals surface area contributed by atoms with Gasteiger partial charge in [0, 0.05) is 10.9 Å². The van der Waals surface area contributed by atoms with Crippen molar-refractivity contribution in [2.24, 2.45) is 0 Å². The number of nitrogens with zero attached hydrogens (tertiary/aromatic N) is 4. The number of hydrogen-bond acceptors (Lipinski definition) is 6. The summed E-state index contributed by atoms with van der Waals surface area (Å²) in [5.41, 5.74) is 1.38. The number of aromatic nitrogens is 4. The molecule has 2 N–H and O–H groups in total. The fourth-order valence-corrected chi connectivity index (χ4v) is 3.58. The van der Waals surface area contributed by atoms with Crippen LogP contribution in [0.15, 0.2) is 36.8 Å². The molecule has 0 amide bonds. The summed E-state index contributed by atoms with van der Waals surface area (Å²) in [5, 5.41) is 26.7. The van der Waals surface area contributed by atoms with E-state index < -0.39 is 24.5 Å². The van der Waals surface area contributed by atoms with E-state index in [4.69, 9.17) is 27.9 Å². The van der Waals surface area contributed by atoms with Crippen LogP contribution in [0.5, 0.6) is 0 Å². The van der Waals surface area contributed by atoms with Gasteiger partial charge in [-0.1, -0.05) is 42.3 Å². The fraction of sp³-hybridized carbons (Fsp3) is 0.353. The molecule has 0 radical (unpaired) electrons. The number of hydrogen-bond donors (Lipinski definition) is 2. The smallest absolute Gasteiger partial charge is 0.181 e. The van der Waals surface area contributed by atoms with Crippen molar-refractivity contribution >= 4 is 34.2 Å². The summed E-state index contributed by atoms with van der Waals surface area (Å²) in [6.07, 6.45) is -0.917. The minimum atomic E-state index is -1.16. The van der Waals surface area contributed by atoms with E-state index in [9.17, 15) is 10.2 Å². The van der Waals surface area contributed by atoms with Crippen molar-refractivity contribution in [1.29, 1.82) is 0 Å². The molecule has 0 aliphatic carbocycles. The Balaban J connectivity index is 1.65. The van der Waals surface area contributed by atoms with E-state index in [1.807, 2.05) is 19.1 Å².